The number of hydrogen-bond acceptors (Lipinski definition) is 6. The molecule has 2 aliphatic heterocycles. The number of ether oxygens (including phenoxy) is 1. The topological polar surface area (TPSA) is 88.3 Å². The summed E-state index contributed by atoms with van der Waals surface area (Å²) in [5.74, 6) is 2.03. The monoisotopic (exact) mass is 502 g/mol. The highest BCUT2D eigenvalue weighted by Gasteiger charge is 2.28. The molecule has 0 amide bonds. The molecule has 7 heteroatoms. The van der Waals surface area contributed by atoms with E-state index in [9.17, 15) is 0 Å². The van der Waals surface area contributed by atoms with Crippen LogP contribution in [0.5, 0.6) is 5.75 Å². The molecule has 3 N–H and O–H groups in total. The van der Waals surface area contributed by atoms with E-state index in [1.165, 1.54) is 5.56 Å². The van der Waals surface area contributed by atoms with E-state index in [1.54, 1.807) is 11.1 Å². The molecular formula is C31H30N6O. The first kappa shape index (κ1) is 23.9. The van der Waals surface area contributed by atoms with Gasteiger partial charge >= 0.3 is 0 Å². The van der Waals surface area contributed by atoms with E-state index in [2.05, 4.69) is 27.3 Å². The molecule has 0 spiro atoms. The molecule has 3 heterocycles. The fourth-order valence-corrected chi connectivity index (χ4v) is 5.17. The van der Waals surface area contributed by atoms with Gasteiger partial charge in [0, 0.05) is 30.4 Å². The van der Waals surface area contributed by atoms with Gasteiger partial charge in [0.05, 0.1) is 11.4 Å². The summed E-state index contributed by atoms with van der Waals surface area (Å²) in [7, 11) is 0. The van der Waals surface area contributed by atoms with E-state index in [0.717, 1.165) is 55.0 Å². The largest absolute Gasteiger partial charge is 0.489 e. The number of amidine groups is 2. The third-order valence-electron chi connectivity index (χ3n) is 7.05. The van der Waals surface area contributed by atoms with Gasteiger partial charge in [-0.2, -0.15) is 0 Å². The number of hydrogen-bond donors (Lipinski definition) is 3. The van der Waals surface area contributed by atoms with Crippen molar-refractivity contribution in [3.8, 4) is 5.75 Å². The van der Waals surface area contributed by atoms with Crippen molar-refractivity contribution < 1.29 is 4.74 Å². The van der Waals surface area contributed by atoms with Gasteiger partial charge < -0.3 is 10.1 Å². The summed E-state index contributed by atoms with van der Waals surface area (Å²) in [6.07, 6.45) is 4.09. The lowest BCUT2D eigenvalue weighted by molar-refractivity contribution is 0.0843. The van der Waals surface area contributed by atoms with Crippen molar-refractivity contribution >= 4 is 28.9 Å². The van der Waals surface area contributed by atoms with Crippen molar-refractivity contribution in [2.45, 2.75) is 25.5 Å². The van der Waals surface area contributed by atoms with E-state index in [1.807, 2.05) is 78.9 Å². The second kappa shape index (κ2) is 10.5. The number of likely N-dealkylation sites (tertiary alicyclic amines) is 1. The van der Waals surface area contributed by atoms with Gasteiger partial charge in [-0.1, -0.05) is 54.6 Å². The van der Waals surface area contributed by atoms with Gasteiger partial charge in [-0.05, 0) is 61.3 Å². The normalized spacial score (nSPS) is 17.1. The van der Waals surface area contributed by atoms with E-state index in [0.29, 0.717) is 11.5 Å². The van der Waals surface area contributed by atoms with Crippen molar-refractivity contribution in [3.63, 3.8) is 0 Å². The number of nitrogens with zero attached hydrogens (tertiary/aromatic N) is 3. The Morgan fingerprint density at radius 1 is 0.947 bits per heavy atom. The Bertz CT molecular complexity index is 1450. The Balaban J connectivity index is 1.18. The minimum absolute atomic E-state index is 0.192. The minimum atomic E-state index is 0.192. The summed E-state index contributed by atoms with van der Waals surface area (Å²) in [5.41, 5.74) is 4.16. The van der Waals surface area contributed by atoms with E-state index >= 15 is 0 Å². The summed E-state index contributed by atoms with van der Waals surface area (Å²) in [5, 5.41) is 21.4. The summed E-state index contributed by atoms with van der Waals surface area (Å²) in [6, 6.07) is 29.6. The summed E-state index contributed by atoms with van der Waals surface area (Å²) < 4.78 is 6.21. The second-order valence-electron chi connectivity index (χ2n) is 9.70. The number of nitrogens with one attached hydrogen (secondary N) is 3. The number of piperidine rings is 1. The highest BCUT2D eigenvalue weighted by molar-refractivity contribution is 6.30. The maximum absolute atomic E-state index is 9.08. The Morgan fingerprint density at radius 2 is 1.74 bits per heavy atom. The third-order valence-corrected chi connectivity index (χ3v) is 7.05. The van der Waals surface area contributed by atoms with Gasteiger partial charge in [0.25, 0.3) is 0 Å². The standard InChI is InChI=1S/C31H30N6O/c32-29(37-28-13-6-18-34-31(28)35-27-12-5-4-11-26(27)30(37)33)23-16-14-22(15-17-23)20-36-19-7-10-25(21-36)38-24-8-2-1-3-9-24/h1-6,8-9,11-18,25,32-33H,7,10,19-21H2,(H,34,35). The first-order valence-electron chi connectivity index (χ1n) is 13.0. The van der Waals surface area contributed by atoms with Gasteiger partial charge in [0.2, 0.25) is 0 Å². The molecular weight excluding hydrogens is 472 g/mol. The van der Waals surface area contributed by atoms with Crippen LogP contribution < -0.4 is 15.0 Å². The molecule has 190 valence electrons. The van der Waals surface area contributed by atoms with Crippen molar-refractivity contribution in [2.24, 2.45) is 0 Å². The fourth-order valence-electron chi connectivity index (χ4n) is 5.17. The zero-order chi connectivity index (χ0) is 25.9. The average molecular weight is 503 g/mol. The fraction of sp³-hybridized carbons (Fsp3) is 0.194. The average Bonchev–Trinajstić information content (AvgIpc) is 3.07. The Kier molecular flexibility index (Phi) is 6.58. The first-order valence-corrected chi connectivity index (χ1v) is 13.0. The summed E-state index contributed by atoms with van der Waals surface area (Å²) in [4.78, 5) is 8.58. The molecule has 7 nitrogen and oxygen atoms in total. The number of anilines is 3. The molecule has 0 aliphatic carbocycles. The van der Waals surface area contributed by atoms with E-state index in [4.69, 9.17) is 15.6 Å². The van der Waals surface area contributed by atoms with E-state index < -0.39 is 0 Å². The number of aromatic nitrogens is 1. The number of rotatable bonds is 5. The Labute approximate surface area is 222 Å². The highest BCUT2D eigenvalue weighted by Crippen LogP contribution is 2.34. The van der Waals surface area contributed by atoms with Crippen LogP contribution in [0.15, 0.2) is 97.2 Å². The Hall–Kier alpha value is -4.49. The molecule has 4 aromatic rings. The van der Waals surface area contributed by atoms with Crippen molar-refractivity contribution in [1.29, 1.82) is 10.8 Å². The molecule has 1 unspecified atom stereocenters. The molecule has 0 radical (unpaired) electrons. The molecule has 1 fully saturated rings. The molecule has 1 atom stereocenters. The summed E-state index contributed by atoms with van der Waals surface area (Å²) >= 11 is 0. The molecule has 1 saturated heterocycles. The minimum Gasteiger partial charge on any atom is -0.489 e. The van der Waals surface area contributed by atoms with Crippen LogP contribution in [0.25, 0.3) is 0 Å². The maximum Gasteiger partial charge on any atom is 0.154 e. The second-order valence-corrected chi connectivity index (χ2v) is 9.70. The van der Waals surface area contributed by atoms with Crippen LogP contribution in [0.2, 0.25) is 0 Å². The molecule has 3 aromatic carbocycles. The first-order chi connectivity index (χ1) is 18.7. The van der Waals surface area contributed by atoms with Gasteiger partial charge in [-0.15, -0.1) is 0 Å². The zero-order valence-corrected chi connectivity index (χ0v) is 21.1. The molecule has 1 aromatic heterocycles. The van der Waals surface area contributed by atoms with Gasteiger partial charge in [0.15, 0.2) is 5.82 Å². The SMILES string of the molecule is N=C(c1ccc(CN2CCCC(Oc3ccccc3)C2)cc1)N1C(=N)c2ccccc2Nc2ncccc21. The van der Waals surface area contributed by atoms with Crippen LogP contribution >= 0.6 is 0 Å². The van der Waals surface area contributed by atoms with Gasteiger partial charge in [-0.3, -0.25) is 20.6 Å². The number of benzene rings is 3. The number of pyridine rings is 1. The molecule has 0 saturated carbocycles. The van der Waals surface area contributed by atoms with Crippen LogP contribution in [0.4, 0.5) is 17.2 Å². The summed E-state index contributed by atoms with van der Waals surface area (Å²) in [6.45, 7) is 2.78. The lowest BCUT2D eigenvalue weighted by atomic mass is 10.1. The number of para-hydroxylation sites is 2. The van der Waals surface area contributed by atoms with Crippen molar-refractivity contribution in [3.05, 3.63) is 114 Å². The smallest absolute Gasteiger partial charge is 0.154 e. The van der Waals surface area contributed by atoms with Crippen molar-refractivity contribution in [2.75, 3.05) is 23.3 Å². The number of fused-ring (bicyclic) bond motifs is 2. The lowest BCUT2D eigenvalue weighted by Gasteiger charge is -2.33. The van der Waals surface area contributed by atoms with Crippen LogP contribution in [0.1, 0.15) is 29.5 Å². The molecule has 38 heavy (non-hydrogen) atoms. The lowest BCUT2D eigenvalue weighted by Crippen LogP contribution is -2.40. The van der Waals surface area contributed by atoms with Crippen molar-refractivity contribution in [1.82, 2.24) is 9.88 Å². The third kappa shape index (κ3) is 4.88. The van der Waals surface area contributed by atoms with Crippen LogP contribution in [-0.4, -0.2) is 40.7 Å². The predicted molar refractivity (Wildman–Crippen MR) is 152 cm³/mol. The van der Waals surface area contributed by atoms with Gasteiger partial charge in [-0.25, -0.2) is 4.98 Å². The molecule has 0 bridgehead atoms. The van der Waals surface area contributed by atoms with Crippen LogP contribution in [-0.2, 0) is 6.54 Å². The predicted octanol–water partition coefficient (Wildman–Crippen LogP) is 6.04. The Morgan fingerprint density at radius 3 is 2.58 bits per heavy atom. The quantitative estimate of drug-likeness (QED) is 0.229. The molecule has 2 aliphatic rings. The zero-order valence-electron chi connectivity index (χ0n) is 21.1. The van der Waals surface area contributed by atoms with E-state index in [-0.39, 0.29) is 17.8 Å². The highest BCUT2D eigenvalue weighted by atomic mass is 16.5. The maximum atomic E-state index is 9.08. The van der Waals surface area contributed by atoms with Crippen LogP contribution in [0.3, 0.4) is 0 Å². The van der Waals surface area contributed by atoms with Gasteiger partial charge in [0.1, 0.15) is 23.5 Å². The van der Waals surface area contributed by atoms with Crippen LogP contribution in [0, 0.1) is 10.8 Å². The molecule has 6 rings (SSSR count).